The number of hydrogen-bond donors (Lipinski definition) is 1. The third kappa shape index (κ3) is 1.55. The first-order valence-corrected chi connectivity index (χ1v) is 3.76. The molecule has 3 heteroatoms. The Morgan fingerprint density at radius 2 is 2.44 bits per heavy atom. The maximum Gasteiger partial charge on any atom is 0.0633 e. The van der Waals surface area contributed by atoms with Crippen LogP contribution in [-0.4, -0.2) is 17.1 Å². The van der Waals surface area contributed by atoms with E-state index >= 15 is 0 Å². The average molecular weight is 189 g/mol. The van der Waals surface area contributed by atoms with Crippen molar-refractivity contribution in [3.63, 3.8) is 0 Å². The van der Waals surface area contributed by atoms with Crippen molar-refractivity contribution in [3.05, 3.63) is 11.8 Å². The van der Waals surface area contributed by atoms with Crippen LogP contribution in [0.5, 0.6) is 0 Å². The topological polar surface area (TPSA) is 38.4 Å². The molecule has 1 aliphatic rings. The molecule has 0 saturated heterocycles. The van der Waals surface area contributed by atoms with Gasteiger partial charge < -0.3 is 5.73 Å². The van der Waals surface area contributed by atoms with Crippen molar-refractivity contribution in [2.45, 2.75) is 17.8 Å². The lowest BCUT2D eigenvalue weighted by atomic mass is 10.2. The van der Waals surface area contributed by atoms with E-state index in [0.29, 0.717) is 10.9 Å². The minimum absolute atomic E-state index is 0.308. The highest BCUT2D eigenvalue weighted by Crippen LogP contribution is 2.14. The molecular formula is C6H9BrN2. The molecule has 2 unspecified atom stereocenters. The molecule has 0 saturated carbocycles. The van der Waals surface area contributed by atoms with Gasteiger partial charge in [-0.3, -0.25) is 4.99 Å². The molecule has 0 aliphatic carbocycles. The molecule has 2 nitrogen and oxygen atoms in total. The lowest BCUT2D eigenvalue weighted by Gasteiger charge is -2.14. The van der Waals surface area contributed by atoms with Crippen LogP contribution in [0.1, 0.15) is 6.92 Å². The second-order valence-electron chi connectivity index (χ2n) is 2.13. The zero-order valence-corrected chi connectivity index (χ0v) is 6.80. The van der Waals surface area contributed by atoms with Crippen LogP contribution < -0.4 is 5.73 Å². The summed E-state index contributed by atoms with van der Waals surface area (Å²) in [6, 6.07) is 0.317. The molecular weight excluding hydrogens is 180 g/mol. The first kappa shape index (κ1) is 6.81. The van der Waals surface area contributed by atoms with Crippen molar-refractivity contribution < 1.29 is 0 Å². The van der Waals surface area contributed by atoms with Crippen LogP contribution in [0.15, 0.2) is 16.8 Å². The molecule has 0 amide bonds. The summed E-state index contributed by atoms with van der Waals surface area (Å²) in [6.45, 7) is 2.04. The number of hydrogen-bond acceptors (Lipinski definition) is 2. The Kier molecular flexibility index (Phi) is 1.90. The lowest BCUT2D eigenvalue weighted by molar-refractivity contribution is 0.773. The SMILES string of the molecule is CC1N=CC(N)=CC1Br. The van der Waals surface area contributed by atoms with E-state index in [2.05, 4.69) is 20.9 Å². The number of nitrogens with two attached hydrogens (primary N) is 1. The molecule has 0 bridgehead atoms. The molecule has 0 radical (unpaired) electrons. The Bertz CT molecular complexity index is 162. The van der Waals surface area contributed by atoms with E-state index in [1.54, 1.807) is 6.21 Å². The molecule has 1 rings (SSSR count). The zero-order chi connectivity index (χ0) is 6.85. The van der Waals surface area contributed by atoms with Gasteiger partial charge in [-0.15, -0.1) is 0 Å². The quantitative estimate of drug-likeness (QED) is 0.568. The summed E-state index contributed by atoms with van der Waals surface area (Å²) in [6.07, 6.45) is 3.65. The van der Waals surface area contributed by atoms with Crippen LogP contribution in [0.3, 0.4) is 0 Å². The summed E-state index contributed by atoms with van der Waals surface area (Å²) in [5.41, 5.74) is 6.21. The van der Waals surface area contributed by atoms with Crippen LogP contribution in [-0.2, 0) is 0 Å². The van der Waals surface area contributed by atoms with Gasteiger partial charge in [0.1, 0.15) is 0 Å². The minimum Gasteiger partial charge on any atom is -0.398 e. The van der Waals surface area contributed by atoms with Crippen molar-refractivity contribution >= 4 is 22.1 Å². The van der Waals surface area contributed by atoms with Crippen molar-refractivity contribution in [1.82, 2.24) is 0 Å². The highest BCUT2D eigenvalue weighted by atomic mass is 79.9. The van der Waals surface area contributed by atoms with Gasteiger partial charge in [-0.2, -0.15) is 0 Å². The molecule has 0 aromatic carbocycles. The summed E-state index contributed by atoms with van der Waals surface area (Å²) in [5.74, 6) is 0. The van der Waals surface area contributed by atoms with Gasteiger partial charge in [-0.1, -0.05) is 15.9 Å². The van der Waals surface area contributed by atoms with Gasteiger partial charge in [-0.25, -0.2) is 0 Å². The number of alkyl halides is 1. The van der Waals surface area contributed by atoms with Gasteiger partial charge in [0, 0.05) is 11.9 Å². The zero-order valence-electron chi connectivity index (χ0n) is 5.21. The highest BCUT2D eigenvalue weighted by Gasteiger charge is 2.12. The summed E-state index contributed by atoms with van der Waals surface area (Å²) in [4.78, 5) is 4.43. The van der Waals surface area contributed by atoms with Gasteiger partial charge in [0.05, 0.1) is 10.9 Å². The lowest BCUT2D eigenvalue weighted by Crippen LogP contribution is -2.19. The van der Waals surface area contributed by atoms with Gasteiger partial charge >= 0.3 is 0 Å². The number of allylic oxidation sites excluding steroid dienone is 1. The van der Waals surface area contributed by atoms with Crippen LogP contribution >= 0.6 is 15.9 Å². The number of rotatable bonds is 0. The van der Waals surface area contributed by atoms with Crippen molar-refractivity contribution in [2.75, 3.05) is 0 Å². The minimum atomic E-state index is 0.308. The predicted molar refractivity (Wildman–Crippen MR) is 42.9 cm³/mol. The molecule has 0 spiro atoms. The van der Waals surface area contributed by atoms with E-state index < -0.39 is 0 Å². The number of dihydropyridines is 1. The van der Waals surface area contributed by atoms with E-state index in [9.17, 15) is 0 Å². The van der Waals surface area contributed by atoms with E-state index in [-0.39, 0.29) is 0 Å². The second-order valence-corrected chi connectivity index (χ2v) is 3.19. The summed E-state index contributed by atoms with van der Waals surface area (Å²) in [7, 11) is 0. The van der Waals surface area contributed by atoms with Crippen molar-refractivity contribution in [2.24, 2.45) is 10.7 Å². The molecule has 1 heterocycles. The Hall–Kier alpha value is -0.310. The smallest absolute Gasteiger partial charge is 0.0633 e. The van der Waals surface area contributed by atoms with Gasteiger partial charge in [0.2, 0.25) is 0 Å². The normalized spacial score (nSPS) is 34.2. The Morgan fingerprint density at radius 3 is 2.89 bits per heavy atom. The highest BCUT2D eigenvalue weighted by molar-refractivity contribution is 9.09. The number of nitrogens with zero attached hydrogens (tertiary/aromatic N) is 1. The van der Waals surface area contributed by atoms with E-state index in [0.717, 1.165) is 5.70 Å². The van der Waals surface area contributed by atoms with Crippen LogP contribution in [0.2, 0.25) is 0 Å². The van der Waals surface area contributed by atoms with E-state index in [4.69, 9.17) is 5.73 Å². The molecule has 0 aromatic rings. The van der Waals surface area contributed by atoms with Crippen LogP contribution in [0, 0.1) is 0 Å². The molecule has 50 valence electrons. The first-order chi connectivity index (χ1) is 4.20. The molecule has 0 fully saturated rings. The molecule has 1 aliphatic heterocycles. The monoisotopic (exact) mass is 188 g/mol. The third-order valence-electron chi connectivity index (χ3n) is 1.27. The molecule has 0 aromatic heterocycles. The molecule has 2 atom stereocenters. The predicted octanol–water partition coefficient (Wildman–Crippen LogP) is 1.07. The summed E-state index contributed by atoms with van der Waals surface area (Å²) < 4.78 is 0. The first-order valence-electron chi connectivity index (χ1n) is 2.84. The Morgan fingerprint density at radius 1 is 1.78 bits per heavy atom. The van der Waals surface area contributed by atoms with Crippen molar-refractivity contribution in [1.29, 1.82) is 0 Å². The van der Waals surface area contributed by atoms with E-state index in [1.807, 2.05) is 13.0 Å². The fraction of sp³-hybridized carbons (Fsp3) is 0.500. The van der Waals surface area contributed by atoms with Gasteiger partial charge in [0.15, 0.2) is 0 Å². The fourth-order valence-corrected chi connectivity index (χ4v) is 1.09. The Balaban J connectivity index is 2.70. The van der Waals surface area contributed by atoms with Gasteiger partial charge in [-0.05, 0) is 13.0 Å². The Labute approximate surface area is 63.0 Å². The third-order valence-corrected chi connectivity index (χ3v) is 2.30. The standard InChI is InChI=1S/C6H9BrN2/c1-4-6(7)2-5(8)3-9-4/h2-4,6H,8H2,1H3. The van der Waals surface area contributed by atoms with Crippen molar-refractivity contribution in [3.8, 4) is 0 Å². The van der Waals surface area contributed by atoms with Crippen LogP contribution in [0.4, 0.5) is 0 Å². The summed E-state index contributed by atoms with van der Waals surface area (Å²) in [5, 5.41) is 0. The maximum absolute atomic E-state index is 5.47. The maximum atomic E-state index is 5.47. The van der Waals surface area contributed by atoms with E-state index in [1.165, 1.54) is 0 Å². The largest absolute Gasteiger partial charge is 0.398 e. The number of aliphatic imine (C=N–C) groups is 1. The van der Waals surface area contributed by atoms with Gasteiger partial charge in [0.25, 0.3) is 0 Å². The second kappa shape index (κ2) is 2.52. The fourth-order valence-electron chi connectivity index (χ4n) is 0.652. The summed E-state index contributed by atoms with van der Waals surface area (Å²) >= 11 is 3.42. The number of halogens is 1. The average Bonchev–Trinajstić information content (AvgIpc) is 1.80. The van der Waals surface area contributed by atoms with Crippen LogP contribution in [0.25, 0.3) is 0 Å². The molecule has 2 N–H and O–H groups in total. The molecule has 9 heavy (non-hydrogen) atoms.